The molecule has 0 aliphatic rings. The van der Waals surface area contributed by atoms with Crippen LogP contribution in [0.15, 0.2) is 27.1 Å². The van der Waals surface area contributed by atoms with Crippen molar-refractivity contribution in [3.05, 3.63) is 28.4 Å². The Labute approximate surface area is 84.6 Å². The molecule has 2 nitrogen and oxygen atoms in total. The molecule has 0 unspecified atom stereocenters. The lowest BCUT2D eigenvalue weighted by Crippen LogP contribution is -1.83. The van der Waals surface area contributed by atoms with Crippen LogP contribution >= 0.6 is 15.9 Å². The van der Waals surface area contributed by atoms with E-state index in [0.29, 0.717) is 0 Å². The Morgan fingerprint density at radius 1 is 1.38 bits per heavy atom. The Bertz CT molecular complexity index is 445. The minimum absolute atomic E-state index is 0.755. The molecule has 0 fully saturated rings. The van der Waals surface area contributed by atoms with Crippen LogP contribution in [0.4, 0.5) is 0 Å². The summed E-state index contributed by atoms with van der Waals surface area (Å²) in [5.74, 6) is 1.65. The zero-order valence-electron chi connectivity index (χ0n) is 7.43. The molecule has 0 bridgehead atoms. The van der Waals surface area contributed by atoms with Gasteiger partial charge in [0.2, 0.25) is 0 Å². The minimum Gasteiger partial charge on any atom is -0.492 e. The smallest absolute Gasteiger partial charge is 0.177 e. The first-order chi connectivity index (χ1) is 6.22. The predicted octanol–water partition coefficient (Wildman–Crippen LogP) is 3.51. The van der Waals surface area contributed by atoms with Crippen LogP contribution in [0.5, 0.6) is 5.75 Å². The third kappa shape index (κ3) is 1.33. The van der Waals surface area contributed by atoms with Crippen LogP contribution in [0.1, 0.15) is 5.76 Å². The van der Waals surface area contributed by atoms with Crippen LogP contribution in [0.25, 0.3) is 11.0 Å². The molecule has 1 aromatic carbocycles. The maximum atomic E-state index is 5.52. The highest BCUT2D eigenvalue weighted by atomic mass is 79.9. The van der Waals surface area contributed by atoms with Crippen molar-refractivity contribution in [2.45, 2.75) is 6.92 Å². The minimum atomic E-state index is 0.755. The molecule has 1 aromatic heterocycles. The Hall–Kier alpha value is -0.960. The fourth-order valence-electron chi connectivity index (χ4n) is 1.37. The average molecular weight is 241 g/mol. The number of rotatable bonds is 1. The van der Waals surface area contributed by atoms with Crippen LogP contribution in [-0.4, -0.2) is 7.11 Å². The maximum Gasteiger partial charge on any atom is 0.177 e. The van der Waals surface area contributed by atoms with Gasteiger partial charge in [0.1, 0.15) is 5.76 Å². The summed E-state index contributed by atoms with van der Waals surface area (Å²) in [7, 11) is 1.64. The highest BCUT2D eigenvalue weighted by Crippen LogP contribution is 2.34. The van der Waals surface area contributed by atoms with Gasteiger partial charge in [-0.3, -0.25) is 0 Å². The molecule has 0 atom stereocenters. The van der Waals surface area contributed by atoms with Crippen molar-refractivity contribution in [3.63, 3.8) is 0 Å². The fraction of sp³-hybridized carbons (Fsp3) is 0.200. The van der Waals surface area contributed by atoms with Crippen LogP contribution < -0.4 is 4.74 Å². The van der Waals surface area contributed by atoms with E-state index in [1.165, 1.54) is 0 Å². The second-order valence-corrected chi connectivity index (χ2v) is 3.71. The third-order valence-electron chi connectivity index (χ3n) is 1.92. The molecule has 0 aliphatic heterocycles. The van der Waals surface area contributed by atoms with Gasteiger partial charge in [-0.15, -0.1) is 0 Å². The molecule has 0 saturated carbocycles. The summed E-state index contributed by atoms with van der Waals surface area (Å²) < 4.78 is 11.7. The first-order valence-corrected chi connectivity index (χ1v) is 4.74. The number of furan rings is 1. The lowest BCUT2D eigenvalue weighted by atomic mass is 10.2. The number of ether oxygens (including phenoxy) is 1. The van der Waals surface area contributed by atoms with E-state index in [1.54, 1.807) is 7.11 Å². The molecule has 0 radical (unpaired) electrons. The predicted molar refractivity (Wildman–Crippen MR) is 55.2 cm³/mol. The lowest BCUT2D eigenvalue weighted by Gasteiger charge is -2.02. The zero-order valence-corrected chi connectivity index (χ0v) is 9.01. The molecule has 0 aliphatic carbocycles. The van der Waals surface area contributed by atoms with Crippen molar-refractivity contribution in [2.24, 2.45) is 0 Å². The monoisotopic (exact) mass is 240 g/mol. The SMILES string of the molecule is COc1c(Br)ccc2cc(C)oc12. The summed E-state index contributed by atoms with van der Waals surface area (Å²) in [5, 5.41) is 1.07. The number of benzene rings is 1. The Balaban J connectivity index is 2.82. The van der Waals surface area contributed by atoms with Gasteiger partial charge in [-0.2, -0.15) is 0 Å². The molecular formula is C10H9BrO2. The van der Waals surface area contributed by atoms with Crippen LogP contribution in [0.2, 0.25) is 0 Å². The van der Waals surface area contributed by atoms with Gasteiger partial charge in [0.05, 0.1) is 11.6 Å². The van der Waals surface area contributed by atoms with Crippen molar-refractivity contribution in [2.75, 3.05) is 7.11 Å². The summed E-state index contributed by atoms with van der Waals surface area (Å²) in [6.07, 6.45) is 0. The third-order valence-corrected chi connectivity index (χ3v) is 2.54. The molecule has 13 heavy (non-hydrogen) atoms. The van der Waals surface area contributed by atoms with E-state index in [-0.39, 0.29) is 0 Å². The molecule has 0 saturated heterocycles. The number of aryl methyl sites for hydroxylation is 1. The quantitative estimate of drug-likeness (QED) is 0.762. The topological polar surface area (TPSA) is 22.4 Å². The lowest BCUT2D eigenvalue weighted by molar-refractivity contribution is 0.406. The van der Waals surface area contributed by atoms with Crippen molar-refractivity contribution in [1.82, 2.24) is 0 Å². The van der Waals surface area contributed by atoms with Gasteiger partial charge in [0.25, 0.3) is 0 Å². The first kappa shape index (κ1) is 8.63. The highest BCUT2D eigenvalue weighted by molar-refractivity contribution is 9.10. The van der Waals surface area contributed by atoms with E-state index < -0.39 is 0 Å². The molecule has 2 aromatic rings. The number of fused-ring (bicyclic) bond motifs is 1. The second-order valence-electron chi connectivity index (χ2n) is 2.86. The molecule has 1 heterocycles. The van der Waals surface area contributed by atoms with Gasteiger partial charge >= 0.3 is 0 Å². The van der Waals surface area contributed by atoms with Crippen LogP contribution in [0, 0.1) is 6.92 Å². The molecule has 2 rings (SSSR count). The standard InChI is InChI=1S/C10H9BrO2/c1-6-5-7-3-4-8(11)10(12-2)9(7)13-6/h3-5H,1-2H3. The van der Waals surface area contributed by atoms with E-state index >= 15 is 0 Å². The van der Waals surface area contributed by atoms with E-state index in [1.807, 2.05) is 25.1 Å². The number of methoxy groups -OCH3 is 1. The second kappa shape index (κ2) is 3.07. The molecule has 68 valence electrons. The van der Waals surface area contributed by atoms with Gasteiger partial charge in [-0.05, 0) is 41.1 Å². The highest BCUT2D eigenvalue weighted by Gasteiger charge is 2.09. The molecular weight excluding hydrogens is 232 g/mol. The van der Waals surface area contributed by atoms with Crippen LogP contribution in [0.3, 0.4) is 0 Å². The number of halogens is 1. The molecule has 0 amide bonds. The van der Waals surface area contributed by atoms with Gasteiger partial charge < -0.3 is 9.15 Å². The van der Waals surface area contributed by atoms with E-state index in [0.717, 1.165) is 27.0 Å². The van der Waals surface area contributed by atoms with E-state index in [4.69, 9.17) is 9.15 Å². The molecule has 0 spiro atoms. The van der Waals surface area contributed by atoms with Crippen molar-refractivity contribution in [1.29, 1.82) is 0 Å². The Kier molecular flexibility index (Phi) is 2.04. The fourth-order valence-corrected chi connectivity index (χ4v) is 1.85. The van der Waals surface area contributed by atoms with Crippen molar-refractivity contribution in [3.8, 4) is 5.75 Å². The van der Waals surface area contributed by atoms with Crippen LogP contribution in [-0.2, 0) is 0 Å². The van der Waals surface area contributed by atoms with Gasteiger partial charge in [-0.1, -0.05) is 0 Å². The molecule has 3 heteroatoms. The van der Waals surface area contributed by atoms with E-state index in [2.05, 4.69) is 15.9 Å². The van der Waals surface area contributed by atoms with Crippen molar-refractivity contribution >= 4 is 26.9 Å². The van der Waals surface area contributed by atoms with Gasteiger partial charge in [0, 0.05) is 5.39 Å². The normalized spacial score (nSPS) is 10.7. The maximum absolute atomic E-state index is 5.52. The number of hydrogen-bond acceptors (Lipinski definition) is 2. The zero-order chi connectivity index (χ0) is 9.42. The Morgan fingerprint density at radius 3 is 2.85 bits per heavy atom. The molecule has 0 N–H and O–H groups in total. The average Bonchev–Trinajstić information content (AvgIpc) is 2.45. The van der Waals surface area contributed by atoms with E-state index in [9.17, 15) is 0 Å². The largest absolute Gasteiger partial charge is 0.492 e. The summed E-state index contributed by atoms with van der Waals surface area (Å²) >= 11 is 3.40. The summed E-state index contributed by atoms with van der Waals surface area (Å²) in [5.41, 5.74) is 0.800. The summed E-state index contributed by atoms with van der Waals surface area (Å²) in [6, 6.07) is 5.94. The van der Waals surface area contributed by atoms with Gasteiger partial charge in [-0.25, -0.2) is 0 Å². The summed E-state index contributed by atoms with van der Waals surface area (Å²) in [4.78, 5) is 0. The Morgan fingerprint density at radius 2 is 2.15 bits per heavy atom. The summed E-state index contributed by atoms with van der Waals surface area (Å²) in [6.45, 7) is 1.92. The first-order valence-electron chi connectivity index (χ1n) is 3.95. The van der Waals surface area contributed by atoms with Crippen molar-refractivity contribution < 1.29 is 9.15 Å². The van der Waals surface area contributed by atoms with Gasteiger partial charge in [0.15, 0.2) is 11.3 Å². The number of hydrogen-bond donors (Lipinski definition) is 0.